The number of rotatable bonds is 4. The standard InChI is InChI=1S/C15H15N3O/c1-16-9-10-19-14-8-4-7-13-15(14)18-12-6-3-2-5-11(12)17-13/h2-8,16H,9-10H2,1H3. The van der Waals surface area contributed by atoms with Gasteiger partial charge in [-0.05, 0) is 31.3 Å². The highest BCUT2D eigenvalue weighted by Crippen LogP contribution is 2.24. The largest absolute Gasteiger partial charge is 0.490 e. The molecule has 0 fully saturated rings. The maximum Gasteiger partial charge on any atom is 0.147 e. The number of nitrogens with zero attached hydrogens (tertiary/aromatic N) is 2. The molecule has 0 aliphatic heterocycles. The van der Waals surface area contributed by atoms with E-state index in [2.05, 4.69) is 15.3 Å². The fourth-order valence-corrected chi connectivity index (χ4v) is 2.00. The molecule has 3 aromatic rings. The van der Waals surface area contributed by atoms with E-state index >= 15 is 0 Å². The van der Waals surface area contributed by atoms with Crippen LogP contribution in [0.25, 0.3) is 22.1 Å². The van der Waals surface area contributed by atoms with Crippen LogP contribution in [0.4, 0.5) is 0 Å². The van der Waals surface area contributed by atoms with Crippen LogP contribution in [0, 0.1) is 0 Å². The highest BCUT2D eigenvalue weighted by Gasteiger charge is 2.06. The van der Waals surface area contributed by atoms with Crippen LogP contribution < -0.4 is 10.1 Å². The van der Waals surface area contributed by atoms with Gasteiger partial charge in [-0.2, -0.15) is 0 Å². The van der Waals surface area contributed by atoms with E-state index in [0.717, 1.165) is 34.4 Å². The lowest BCUT2D eigenvalue weighted by atomic mass is 10.2. The first-order valence-electron chi connectivity index (χ1n) is 6.31. The summed E-state index contributed by atoms with van der Waals surface area (Å²) >= 11 is 0. The summed E-state index contributed by atoms with van der Waals surface area (Å²) in [5, 5.41) is 3.05. The Bertz CT molecular complexity index is 712. The SMILES string of the molecule is CNCCOc1cccc2nc3ccccc3nc12. The summed E-state index contributed by atoms with van der Waals surface area (Å²) in [6, 6.07) is 13.7. The van der Waals surface area contributed by atoms with Gasteiger partial charge < -0.3 is 10.1 Å². The van der Waals surface area contributed by atoms with Crippen molar-refractivity contribution in [1.29, 1.82) is 0 Å². The summed E-state index contributed by atoms with van der Waals surface area (Å²) in [6.07, 6.45) is 0. The van der Waals surface area contributed by atoms with Crippen LogP contribution in [0.1, 0.15) is 0 Å². The van der Waals surface area contributed by atoms with Gasteiger partial charge in [0, 0.05) is 6.54 Å². The fourth-order valence-electron chi connectivity index (χ4n) is 2.00. The van der Waals surface area contributed by atoms with Crippen molar-refractivity contribution in [2.75, 3.05) is 20.2 Å². The maximum atomic E-state index is 5.74. The van der Waals surface area contributed by atoms with Crippen LogP contribution in [0.15, 0.2) is 42.5 Å². The van der Waals surface area contributed by atoms with Crippen LogP contribution in [0.5, 0.6) is 5.75 Å². The Morgan fingerprint density at radius 2 is 1.68 bits per heavy atom. The van der Waals surface area contributed by atoms with Gasteiger partial charge in [0.25, 0.3) is 0 Å². The van der Waals surface area contributed by atoms with Crippen molar-refractivity contribution in [3.05, 3.63) is 42.5 Å². The smallest absolute Gasteiger partial charge is 0.147 e. The molecule has 1 heterocycles. The van der Waals surface area contributed by atoms with Gasteiger partial charge in [0.15, 0.2) is 0 Å². The quantitative estimate of drug-likeness (QED) is 0.573. The predicted octanol–water partition coefficient (Wildman–Crippen LogP) is 2.38. The van der Waals surface area contributed by atoms with Gasteiger partial charge in [-0.1, -0.05) is 18.2 Å². The lowest BCUT2D eigenvalue weighted by Crippen LogP contribution is -2.16. The molecule has 0 saturated heterocycles. The Hall–Kier alpha value is -2.20. The number of fused-ring (bicyclic) bond motifs is 2. The van der Waals surface area contributed by atoms with Crippen LogP contribution in [0.3, 0.4) is 0 Å². The topological polar surface area (TPSA) is 47.0 Å². The first kappa shape index (κ1) is 11.9. The minimum absolute atomic E-state index is 0.615. The third-order valence-electron chi connectivity index (χ3n) is 2.94. The van der Waals surface area contributed by atoms with Crippen LogP contribution >= 0.6 is 0 Å². The van der Waals surface area contributed by atoms with Crippen molar-refractivity contribution in [1.82, 2.24) is 15.3 Å². The number of benzene rings is 2. The molecule has 0 amide bonds. The van der Waals surface area contributed by atoms with Gasteiger partial charge in [-0.25, -0.2) is 9.97 Å². The number of hydrogen-bond acceptors (Lipinski definition) is 4. The Kier molecular flexibility index (Phi) is 3.25. The van der Waals surface area contributed by atoms with E-state index in [1.54, 1.807) is 0 Å². The van der Waals surface area contributed by atoms with E-state index in [9.17, 15) is 0 Å². The van der Waals surface area contributed by atoms with E-state index in [1.165, 1.54) is 0 Å². The van der Waals surface area contributed by atoms with Crippen LogP contribution in [0.2, 0.25) is 0 Å². The summed E-state index contributed by atoms with van der Waals surface area (Å²) in [5.41, 5.74) is 3.47. The second kappa shape index (κ2) is 5.20. The zero-order valence-corrected chi connectivity index (χ0v) is 10.8. The van der Waals surface area contributed by atoms with E-state index in [0.29, 0.717) is 6.61 Å². The van der Waals surface area contributed by atoms with Crippen molar-refractivity contribution in [2.24, 2.45) is 0 Å². The molecule has 0 aliphatic carbocycles. The van der Waals surface area contributed by atoms with E-state index in [1.807, 2.05) is 49.5 Å². The summed E-state index contributed by atoms with van der Waals surface area (Å²) in [4.78, 5) is 9.26. The number of nitrogens with one attached hydrogen (secondary N) is 1. The van der Waals surface area contributed by atoms with Crippen molar-refractivity contribution in [2.45, 2.75) is 0 Å². The number of para-hydroxylation sites is 3. The normalized spacial score (nSPS) is 11.0. The summed E-state index contributed by atoms with van der Waals surface area (Å²) in [6.45, 7) is 1.42. The average Bonchev–Trinajstić information content (AvgIpc) is 2.46. The second-order valence-electron chi connectivity index (χ2n) is 4.29. The number of ether oxygens (including phenoxy) is 1. The lowest BCUT2D eigenvalue weighted by molar-refractivity contribution is 0.321. The van der Waals surface area contributed by atoms with E-state index in [4.69, 9.17) is 4.74 Å². The van der Waals surface area contributed by atoms with Crippen molar-refractivity contribution in [3.8, 4) is 5.75 Å². The van der Waals surface area contributed by atoms with Crippen LogP contribution in [-0.4, -0.2) is 30.2 Å². The Balaban J connectivity index is 2.09. The molecule has 0 bridgehead atoms. The van der Waals surface area contributed by atoms with E-state index < -0.39 is 0 Å². The molecular formula is C15H15N3O. The first-order chi connectivity index (χ1) is 9.38. The highest BCUT2D eigenvalue weighted by molar-refractivity contribution is 5.89. The predicted molar refractivity (Wildman–Crippen MR) is 76.5 cm³/mol. The molecule has 0 spiro atoms. The van der Waals surface area contributed by atoms with Gasteiger partial charge in [-0.3, -0.25) is 0 Å². The number of aromatic nitrogens is 2. The maximum absolute atomic E-state index is 5.74. The summed E-state index contributed by atoms with van der Waals surface area (Å²) in [7, 11) is 1.90. The molecule has 0 saturated carbocycles. The molecule has 4 heteroatoms. The zero-order chi connectivity index (χ0) is 13.1. The Morgan fingerprint density at radius 1 is 0.947 bits per heavy atom. The number of hydrogen-bond donors (Lipinski definition) is 1. The first-order valence-corrected chi connectivity index (χ1v) is 6.31. The third-order valence-corrected chi connectivity index (χ3v) is 2.94. The Morgan fingerprint density at radius 3 is 2.47 bits per heavy atom. The molecule has 0 radical (unpaired) electrons. The fraction of sp³-hybridized carbons (Fsp3) is 0.200. The minimum Gasteiger partial charge on any atom is -0.490 e. The van der Waals surface area contributed by atoms with E-state index in [-0.39, 0.29) is 0 Å². The van der Waals surface area contributed by atoms with Gasteiger partial charge >= 0.3 is 0 Å². The summed E-state index contributed by atoms with van der Waals surface area (Å²) < 4.78 is 5.74. The molecule has 1 N–H and O–H groups in total. The molecule has 0 unspecified atom stereocenters. The monoisotopic (exact) mass is 253 g/mol. The van der Waals surface area contributed by atoms with Crippen molar-refractivity contribution < 1.29 is 4.74 Å². The van der Waals surface area contributed by atoms with Gasteiger partial charge in [-0.15, -0.1) is 0 Å². The minimum atomic E-state index is 0.615. The second-order valence-corrected chi connectivity index (χ2v) is 4.29. The molecule has 0 aliphatic rings. The van der Waals surface area contributed by atoms with Crippen LogP contribution in [-0.2, 0) is 0 Å². The number of likely N-dealkylation sites (N-methyl/N-ethyl adjacent to an activating group) is 1. The average molecular weight is 253 g/mol. The highest BCUT2D eigenvalue weighted by atomic mass is 16.5. The van der Waals surface area contributed by atoms with Crippen molar-refractivity contribution >= 4 is 22.1 Å². The molecule has 1 aromatic heterocycles. The molecule has 96 valence electrons. The third kappa shape index (κ3) is 2.35. The molecular weight excluding hydrogens is 238 g/mol. The van der Waals surface area contributed by atoms with Crippen molar-refractivity contribution in [3.63, 3.8) is 0 Å². The molecule has 4 nitrogen and oxygen atoms in total. The molecule has 0 atom stereocenters. The molecule has 19 heavy (non-hydrogen) atoms. The molecule has 3 rings (SSSR count). The Labute approximate surface area is 111 Å². The summed E-state index contributed by atoms with van der Waals surface area (Å²) in [5.74, 6) is 0.783. The van der Waals surface area contributed by atoms with Gasteiger partial charge in [0.2, 0.25) is 0 Å². The lowest BCUT2D eigenvalue weighted by Gasteiger charge is -2.08. The molecule has 2 aromatic carbocycles. The zero-order valence-electron chi connectivity index (χ0n) is 10.8. The van der Waals surface area contributed by atoms with Gasteiger partial charge in [0.05, 0.1) is 16.6 Å². The van der Waals surface area contributed by atoms with Gasteiger partial charge in [0.1, 0.15) is 17.9 Å².